The Morgan fingerprint density at radius 3 is 2.34 bits per heavy atom. The Kier molecular flexibility index (Phi) is 7.84. The van der Waals surface area contributed by atoms with Crippen LogP contribution in [0.3, 0.4) is 0 Å². The molecule has 1 heterocycles. The molecule has 13 heteroatoms. The van der Waals surface area contributed by atoms with E-state index in [-0.39, 0.29) is 15.7 Å². The fourth-order valence-electron chi connectivity index (χ4n) is 3.63. The van der Waals surface area contributed by atoms with Crippen LogP contribution < -0.4 is 9.73 Å². The molecule has 1 N–H and O–H groups in total. The van der Waals surface area contributed by atoms with Gasteiger partial charge in [0.15, 0.2) is 5.15 Å². The molecule has 0 aliphatic rings. The Labute approximate surface area is 223 Å². The highest BCUT2D eigenvalue weighted by Gasteiger charge is 2.31. The molecule has 194 valence electrons. The third kappa shape index (κ3) is 5.56. The maximum absolute atomic E-state index is 13.4. The summed E-state index contributed by atoms with van der Waals surface area (Å²) in [7, 11) is -4.34. The second kappa shape index (κ2) is 11.2. The summed E-state index contributed by atoms with van der Waals surface area (Å²) in [6.45, 7) is 1.01. The first-order valence-electron chi connectivity index (χ1n) is 11.1. The maximum Gasteiger partial charge on any atom is 0.293 e. The van der Waals surface area contributed by atoms with Crippen molar-refractivity contribution in [2.75, 3.05) is 10.8 Å². The molecular formula is C25H21ClN6O5S. The minimum atomic E-state index is -4.34. The summed E-state index contributed by atoms with van der Waals surface area (Å²) in [6.07, 6.45) is 1.29. The number of rotatable bonds is 9. The highest BCUT2D eigenvalue weighted by atomic mass is 35.5. The Hall–Kier alpha value is -4.55. The quantitative estimate of drug-likeness (QED) is 0.188. The topological polar surface area (TPSA) is 140 Å². The number of nitrogens with one attached hydrogen (secondary N) is 1. The SMILES string of the molecule is Cc1c(/C=N\NC(=O)CN(c2ccccc2[N+](=O)[O-])S(=O)(=O)c2ccccc2)c(Cl)nn1-c1ccccc1. The van der Waals surface area contributed by atoms with Gasteiger partial charge in [-0.25, -0.2) is 22.8 Å². The van der Waals surface area contributed by atoms with Gasteiger partial charge < -0.3 is 0 Å². The number of nitrogens with zero attached hydrogens (tertiary/aromatic N) is 5. The summed E-state index contributed by atoms with van der Waals surface area (Å²) in [4.78, 5) is 23.6. The summed E-state index contributed by atoms with van der Waals surface area (Å²) in [5, 5.41) is 20.0. The first-order chi connectivity index (χ1) is 18.2. The Morgan fingerprint density at radius 2 is 1.68 bits per heavy atom. The third-order valence-corrected chi connectivity index (χ3v) is 7.52. The molecule has 4 aromatic rings. The van der Waals surface area contributed by atoms with Crippen LogP contribution in [0.25, 0.3) is 5.69 Å². The number of para-hydroxylation sites is 3. The minimum absolute atomic E-state index is 0.134. The molecule has 0 aliphatic carbocycles. The van der Waals surface area contributed by atoms with E-state index in [1.807, 2.05) is 30.3 Å². The number of halogens is 1. The van der Waals surface area contributed by atoms with Gasteiger partial charge in [0.05, 0.1) is 33.0 Å². The molecule has 0 atom stereocenters. The zero-order valence-electron chi connectivity index (χ0n) is 19.9. The maximum atomic E-state index is 13.4. The average molecular weight is 553 g/mol. The van der Waals surface area contributed by atoms with E-state index in [1.54, 1.807) is 17.7 Å². The minimum Gasteiger partial charge on any atom is -0.271 e. The van der Waals surface area contributed by atoms with Gasteiger partial charge in [-0.15, -0.1) is 0 Å². The molecule has 1 aromatic heterocycles. The predicted molar refractivity (Wildman–Crippen MR) is 143 cm³/mol. The third-order valence-electron chi connectivity index (χ3n) is 5.47. The van der Waals surface area contributed by atoms with Crippen LogP contribution in [0.15, 0.2) is 94.9 Å². The molecule has 0 bridgehead atoms. The van der Waals surface area contributed by atoms with Crippen molar-refractivity contribution in [3.63, 3.8) is 0 Å². The molecule has 0 spiro atoms. The number of amides is 1. The van der Waals surface area contributed by atoms with Crippen LogP contribution >= 0.6 is 11.6 Å². The van der Waals surface area contributed by atoms with E-state index >= 15 is 0 Å². The van der Waals surface area contributed by atoms with Gasteiger partial charge in [0.25, 0.3) is 21.6 Å². The van der Waals surface area contributed by atoms with Crippen molar-refractivity contribution in [3.05, 3.63) is 111 Å². The monoisotopic (exact) mass is 552 g/mol. The smallest absolute Gasteiger partial charge is 0.271 e. The molecule has 38 heavy (non-hydrogen) atoms. The molecule has 0 fully saturated rings. The summed E-state index contributed by atoms with van der Waals surface area (Å²) in [6, 6.07) is 21.9. The first kappa shape index (κ1) is 26.5. The molecule has 0 aliphatic heterocycles. The number of aromatic nitrogens is 2. The number of nitro groups is 1. The van der Waals surface area contributed by atoms with Gasteiger partial charge in [-0.05, 0) is 37.3 Å². The number of carbonyl (C=O) groups excluding carboxylic acids is 1. The summed E-state index contributed by atoms with van der Waals surface area (Å²) in [5.74, 6) is -0.830. The van der Waals surface area contributed by atoms with Gasteiger partial charge in [0.2, 0.25) is 0 Å². The van der Waals surface area contributed by atoms with E-state index in [1.165, 1.54) is 48.7 Å². The first-order valence-corrected chi connectivity index (χ1v) is 13.0. The van der Waals surface area contributed by atoms with Crippen molar-refractivity contribution in [2.24, 2.45) is 5.10 Å². The van der Waals surface area contributed by atoms with Crippen LogP contribution in [0.5, 0.6) is 0 Å². The van der Waals surface area contributed by atoms with E-state index in [0.29, 0.717) is 15.6 Å². The molecule has 0 unspecified atom stereocenters. The van der Waals surface area contributed by atoms with Gasteiger partial charge in [0.1, 0.15) is 12.2 Å². The number of hydrogen-bond acceptors (Lipinski definition) is 7. The molecule has 0 saturated heterocycles. The van der Waals surface area contributed by atoms with Crippen molar-refractivity contribution in [2.45, 2.75) is 11.8 Å². The molecular weight excluding hydrogens is 532 g/mol. The molecule has 4 rings (SSSR count). The van der Waals surface area contributed by atoms with Crippen molar-refractivity contribution in [1.29, 1.82) is 0 Å². The molecule has 1 amide bonds. The van der Waals surface area contributed by atoms with Gasteiger partial charge in [-0.1, -0.05) is 60.1 Å². The number of nitro benzene ring substituents is 1. The van der Waals surface area contributed by atoms with Crippen molar-refractivity contribution >= 4 is 45.1 Å². The van der Waals surface area contributed by atoms with E-state index < -0.39 is 33.1 Å². The van der Waals surface area contributed by atoms with Crippen LogP contribution in [0.1, 0.15) is 11.3 Å². The number of hydrazone groups is 1. The molecule has 11 nitrogen and oxygen atoms in total. The fraction of sp³-hybridized carbons (Fsp3) is 0.0800. The predicted octanol–water partition coefficient (Wildman–Crippen LogP) is 4.09. The second-order valence-electron chi connectivity index (χ2n) is 7.90. The van der Waals surface area contributed by atoms with Crippen molar-refractivity contribution in [1.82, 2.24) is 15.2 Å². The van der Waals surface area contributed by atoms with E-state index in [2.05, 4.69) is 15.6 Å². The standard InChI is InChI=1S/C25H21ClN6O5S/c1-18-21(25(26)29-31(18)19-10-4-2-5-11-19)16-27-28-24(33)17-30(22-14-8-9-15-23(22)32(34)35)38(36,37)20-12-6-3-7-13-20/h2-16H,17H2,1H3,(H,28,33)/b27-16-. The summed E-state index contributed by atoms with van der Waals surface area (Å²) in [5.41, 5.74) is 3.42. The summed E-state index contributed by atoms with van der Waals surface area (Å²) < 4.78 is 29.1. The zero-order valence-corrected chi connectivity index (χ0v) is 21.5. The second-order valence-corrected chi connectivity index (χ2v) is 10.1. The van der Waals surface area contributed by atoms with Crippen molar-refractivity contribution in [3.8, 4) is 5.69 Å². The van der Waals surface area contributed by atoms with Gasteiger partial charge in [0, 0.05) is 6.07 Å². The largest absolute Gasteiger partial charge is 0.293 e. The van der Waals surface area contributed by atoms with Crippen molar-refractivity contribution < 1.29 is 18.1 Å². The normalized spacial score (nSPS) is 11.4. The van der Waals surface area contributed by atoms with Gasteiger partial charge >= 0.3 is 0 Å². The van der Waals surface area contributed by atoms with Crippen LogP contribution in [-0.2, 0) is 14.8 Å². The zero-order chi connectivity index (χ0) is 27.3. The van der Waals surface area contributed by atoms with Gasteiger partial charge in [-0.2, -0.15) is 10.2 Å². The van der Waals surface area contributed by atoms with Gasteiger partial charge in [-0.3, -0.25) is 14.9 Å². The lowest BCUT2D eigenvalue weighted by atomic mass is 10.2. The van der Waals surface area contributed by atoms with Crippen LogP contribution in [0, 0.1) is 17.0 Å². The molecule has 3 aromatic carbocycles. The average Bonchev–Trinajstić information content (AvgIpc) is 3.21. The lowest BCUT2D eigenvalue weighted by molar-refractivity contribution is -0.384. The highest BCUT2D eigenvalue weighted by Crippen LogP contribution is 2.32. The Morgan fingerprint density at radius 1 is 1.08 bits per heavy atom. The number of sulfonamides is 1. The Balaban J connectivity index is 1.60. The van der Waals surface area contributed by atoms with E-state index in [4.69, 9.17) is 11.6 Å². The van der Waals surface area contributed by atoms with E-state index in [9.17, 15) is 23.3 Å². The fourth-order valence-corrected chi connectivity index (χ4v) is 5.35. The number of benzene rings is 3. The number of anilines is 1. The number of carbonyl (C=O) groups is 1. The molecule has 0 radical (unpaired) electrons. The lowest BCUT2D eigenvalue weighted by Crippen LogP contribution is -2.39. The lowest BCUT2D eigenvalue weighted by Gasteiger charge is -2.23. The highest BCUT2D eigenvalue weighted by molar-refractivity contribution is 7.92. The van der Waals surface area contributed by atoms with E-state index in [0.717, 1.165) is 11.8 Å². The van der Waals surface area contributed by atoms with Crippen LogP contribution in [0.4, 0.5) is 11.4 Å². The number of hydrogen-bond donors (Lipinski definition) is 1. The van der Waals surface area contributed by atoms with Crippen LogP contribution in [-0.4, -0.2) is 41.8 Å². The van der Waals surface area contributed by atoms with Crippen LogP contribution in [0.2, 0.25) is 5.15 Å². The summed E-state index contributed by atoms with van der Waals surface area (Å²) >= 11 is 6.27. The Bertz CT molecular complexity index is 1610. The molecule has 0 saturated carbocycles.